The van der Waals surface area contributed by atoms with Crippen molar-refractivity contribution in [3.63, 3.8) is 0 Å². The molecule has 2 saturated heterocycles. The van der Waals surface area contributed by atoms with Gasteiger partial charge in [0.1, 0.15) is 0 Å². The first-order chi connectivity index (χ1) is 11.1. The molecule has 5 nitrogen and oxygen atoms in total. The van der Waals surface area contributed by atoms with Crippen molar-refractivity contribution in [2.75, 3.05) is 26.2 Å². The number of fused-ring (bicyclic) bond motifs is 1. The van der Waals surface area contributed by atoms with Gasteiger partial charge in [-0.05, 0) is 23.8 Å². The van der Waals surface area contributed by atoms with E-state index in [9.17, 15) is 9.59 Å². The number of carbonyl (C=O) groups excluding carboxylic acids is 2. The summed E-state index contributed by atoms with van der Waals surface area (Å²) in [6.07, 6.45) is 1.18. The van der Waals surface area contributed by atoms with E-state index in [2.05, 4.69) is 12.2 Å². The molecule has 1 aromatic heterocycles. The van der Waals surface area contributed by atoms with Crippen LogP contribution in [-0.2, 0) is 9.53 Å². The van der Waals surface area contributed by atoms with Crippen LogP contribution in [0, 0.1) is 23.7 Å². The zero-order valence-corrected chi connectivity index (χ0v) is 14.1. The average molecular weight is 334 g/mol. The van der Waals surface area contributed by atoms with Gasteiger partial charge in [0.05, 0.1) is 12.7 Å². The minimum absolute atomic E-state index is 0.0209. The van der Waals surface area contributed by atoms with E-state index >= 15 is 0 Å². The zero-order chi connectivity index (χ0) is 16.0. The average Bonchev–Trinajstić information content (AvgIpc) is 2.99. The van der Waals surface area contributed by atoms with Gasteiger partial charge >= 0.3 is 0 Å². The summed E-state index contributed by atoms with van der Waals surface area (Å²) in [6.45, 7) is 4.95. The van der Waals surface area contributed by atoms with Crippen molar-refractivity contribution in [2.45, 2.75) is 19.4 Å². The first kappa shape index (κ1) is 15.1. The Morgan fingerprint density at radius 1 is 1.43 bits per heavy atom. The number of rotatable bonds is 4. The molecule has 124 valence electrons. The van der Waals surface area contributed by atoms with Crippen LogP contribution in [-0.4, -0.2) is 49.1 Å². The standard InChI is InChI=1S/C17H22N2O3S/c1-10-4-13(10)17(21)19-6-14-12(8-22-15(14)7-19)5-18-16(20)11-2-3-23-9-11/h2-3,9-10,12-15H,4-8H2,1H3,(H,18,20)/t10-,12+,13+,14+,15+/m0/s1. The van der Waals surface area contributed by atoms with Crippen molar-refractivity contribution < 1.29 is 14.3 Å². The number of carbonyl (C=O) groups is 2. The monoisotopic (exact) mass is 334 g/mol. The minimum atomic E-state index is -0.0209. The maximum absolute atomic E-state index is 12.4. The van der Waals surface area contributed by atoms with Crippen LogP contribution in [0.1, 0.15) is 23.7 Å². The molecule has 6 heteroatoms. The molecule has 0 radical (unpaired) electrons. The van der Waals surface area contributed by atoms with Gasteiger partial charge < -0.3 is 15.0 Å². The van der Waals surface area contributed by atoms with Crippen molar-refractivity contribution in [1.29, 1.82) is 0 Å². The van der Waals surface area contributed by atoms with Crippen molar-refractivity contribution in [2.24, 2.45) is 23.7 Å². The fraction of sp³-hybridized carbons (Fsp3) is 0.647. The number of likely N-dealkylation sites (tertiary alicyclic amines) is 1. The van der Waals surface area contributed by atoms with Crippen molar-refractivity contribution >= 4 is 23.2 Å². The lowest BCUT2D eigenvalue weighted by Gasteiger charge is -2.20. The molecule has 23 heavy (non-hydrogen) atoms. The highest BCUT2D eigenvalue weighted by molar-refractivity contribution is 7.08. The first-order valence-electron chi connectivity index (χ1n) is 8.34. The lowest BCUT2D eigenvalue weighted by molar-refractivity contribution is -0.132. The SMILES string of the molecule is C[C@H]1C[C@H]1C(=O)N1C[C@@H]2[C@H](CNC(=O)c3ccsc3)CO[C@@H]2C1. The molecule has 2 amide bonds. The summed E-state index contributed by atoms with van der Waals surface area (Å²) in [5.41, 5.74) is 0.719. The zero-order valence-electron chi connectivity index (χ0n) is 13.2. The summed E-state index contributed by atoms with van der Waals surface area (Å²) in [7, 11) is 0. The summed E-state index contributed by atoms with van der Waals surface area (Å²) >= 11 is 1.52. The lowest BCUT2D eigenvalue weighted by atomic mass is 9.93. The topological polar surface area (TPSA) is 58.6 Å². The van der Waals surface area contributed by atoms with Crippen molar-refractivity contribution in [1.82, 2.24) is 10.2 Å². The van der Waals surface area contributed by atoms with Gasteiger partial charge in [-0.25, -0.2) is 0 Å². The fourth-order valence-electron chi connectivity index (χ4n) is 3.81. The molecule has 4 rings (SSSR count). The summed E-state index contributed by atoms with van der Waals surface area (Å²) in [5.74, 6) is 1.73. The molecular weight excluding hydrogens is 312 g/mol. The summed E-state index contributed by atoms with van der Waals surface area (Å²) in [5, 5.41) is 6.77. The van der Waals surface area contributed by atoms with E-state index in [4.69, 9.17) is 4.74 Å². The number of nitrogens with zero attached hydrogens (tertiary/aromatic N) is 1. The molecule has 3 aliphatic rings. The van der Waals surface area contributed by atoms with Crippen LogP contribution in [0.5, 0.6) is 0 Å². The smallest absolute Gasteiger partial charge is 0.252 e. The van der Waals surface area contributed by atoms with Gasteiger partial charge in [-0.1, -0.05) is 6.92 Å². The molecule has 1 N–H and O–H groups in total. The van der Waals surface area contributed by atoms with Crippen LogP contribution in [0.15, 0.2) is 16.8 Å². The first-order valence-corrected chi connectivity index (χ1v) is 9.28. The maximum atomic E-state index is 12.4. The van der Waals surface area contributed by atoms with Crippen molar-refractivity contribution in [3.05, 3.63) is 22.4 Å². The second-order valence-electron chi connectivity index (χ2n) is 7.08. The van der Waals surface area contributed by atoms with Crippen LogP contribution in [0.3, 0.4) is 0 Å². The van der Waals surface area contributed by atoms with Gasteiger partial charge in [0.25, 0.3) is 5.91 Å². The van der Waals surface area contributed by atoms with Gasteiger partial charge in [0, 0.05) is 48.3 Å². The Morgan fingerprint density at radius 2 is 2.26 bits per heavy atom. The number of ether oxygens (including phenoxy) is 1. The molecule has 3 heterocycles. The number of hydrogen-bond acceptors (Lipinski definition) is 4. The Labute approximate surface area is 140 Å². The fourth-order valence-corrected chi connectivity index (χ4v) is 4.45. The molecule has 3 fully saturated rings. The highest BCUT2D eigenvalue weighted by atomic mass is 32.1. The number of thiophene rings is 1. The van der Waals surface area contributed by atoms with E-state index in [1.165, 1.54) is 11.3 Å². The van der Waals surface area contributed by atoms with E-state index < -0.39 is 0 Å². The third kappa shape index (κ3) is 2.90. The molecule has 0 bridgehead atoms. The second-order valence-corrected chi connectivity index (χ2v) is 7.86. The molecule has 5 atom stereocenters. The third-order valence-corrected chi connectivity index (χ3v) is 6.17. The highest BCUT2D eigenvalue weighted by Crippen LogP contribution is 2.41. The normalized spacial score (nSPS) is 35.2. The van der Waals surface area contributed by atoms with E-state index in [-0.39, 0.29) is 17.9 Å². The molecule has 0 aromatic carbocycles. The molecule has 0 unspecified atom stereocenters. The van der Waals surface area contributed by atoms with Gasteiger partial charge in [0.2, 0.25) is 5.91 Å². The Bertz CT molecular complexity index is 603. The largest absolute Gasteiger partial charge is 0.376 e. The Hall–Kier alpha value is -1.40. The van der Waals surface area contributed by atoms with E-state index in [1.54, 1.807) is 0 Å². The second kappa shape index (κ2) is 5.91. The summed E-state index contributed by atoms with van der Waals surface area (Å²) in [4.78, 5) is 26.4. The van der Waals surface area contributed by atoms with Crippen LogP contribution >= 0.6 is 11.3 Å². The minimum Gasteiger partial charge on any atom is -0.376 e. The Balaban J connectivity index is 1.31. The highest BCUT2D eigenvalue weighted by Gasteiger charge is 2.49. The number of amides is 2. The molecule has 2 aliphatic heterocycles. The molecule has 0 spiro atoms. The molecule has 1 saturated carbocycles. The van der Waals surface area contributed by atoms with Crippen LogP contribution < -0.4 is 5.32 Å². The van der Waals surface area contributed by atoms with Crippen molar-refractivity contribution in [3.8, 4) is 0 Å². The predicted molar refractivity (Wildman–Crippen MR) is 87.2 cm³/mol. The molecular formula is C17H22N2O3S. The number of nitrogens with one attached hydrogen (secondary N) is 1. The van der Waals surface area contributed by atoms with Gasteiger partial charge in [-0.3, -0.25) is 9.59 Å². The third-order valence-electron chi connectivity index (χ3n) is 5.49. The predicted octanol–water partition coefficient (Wildman–Crippen LogP) is 1.61. The lowest BCUT2D eigenvalue weighted by Crippen LogP contribution is -2.35. The number of hydrogen-bond donors (Lipinski definition) is 1. The summed E-state index contributed by atoms with van der Waals surface area (Å²) < 4.78 is 5.88. The maximum Gasteiger partial charge on any atom is 0.252 e. The Kier molecular flexibility index (Phi) is 3.89. The molecule has 1 aromatic rings. The summed E-state index contributed by atoms with van der Waals surface area (Å²) in [6, 6.07) is 1.83. The van der Waals surface area contributed by atoms with Crippen LogP contribution in [0.2, 0.25) is 0 Å². The Morgan fingerprint density at radius 3 is 2.96 bits per heavy atom. The van der Waals surface area contributed by atoms with Gasteiger partial charge in [0.15, 0.2) is 0 Å². The van der Waals surface area contributed by atoms with Gasteiger partial charge in [-0.2, -0.15) is 11.3 Å². The van der Waals surface area contributed by atoms with E-state index in [0.717, 1.165) is 25.1 Å². The van der Waals surface area contributed by atoms with E-state index in [0.29, 0.717) is 36.8 Å². The van der Waals surface area contributed by atoms with Crippen LogP contribution in [0.4, 0.5) is 0 Å². The van der Waals surface area contributed by atoms with E-state index in [1.807, 2.05) is 21.7 Å². The van der Waals surface area contributed by atoms with Crippen LogP contribution in [0.25, 0.3) is 0 Å². The van der Waals surface area contributed by atoms with Gasteiger partial charge in [-0.15, -0.1) is 0 Å². The quantitative estimate of drug-likeness (QED) is 0.910. The molecule has 1 aliphatic carbocycles.